The van der Waals surface area contributed by atoms with E-state index < -0.39 is 0 Å². The molecule has 1 unspecified atom stereocenters. The summed E-state index contributed by atoms with van der Waals surface area (Å²) in [5, 5.41) is 10.1. The molecule has 2 amide bonds. The summed E-state index contributed by atoms with van der Waals surface area (Å²) >= 11 is 0. The van der Waals surface area contributed by atoms with Gasteiger partial charge in [-0.1, -0.05) is 6.07 Å². The van der Waals surface area contributed by atoms with E-state index in [2.05, 4.69) is 15.5 Å². The fraction of sp³-hybridized carbons (Fsp3) is 0.421. The fourth-order valence-electron chi connectivity index (χ4n) is 3.79. The third-order valence-corrected chi connectivity index (χ3v) is 5.11. The normalized spacial score (nSPS) is 20.2. The lowest BCUT2D eigenvalue weighted by atomic mass is 9.86. The zero-order valence-electron chi connectivity index (χ0n) is 14.1. The molecule has 1 aliphatic heterocycles. The van der Waals surface area contributed by atoms with Crippen LogP contribution in [0.5, 0.6) is 0 Å². The van der Waals surface area contributed by atoms with Crippen molar-refractivity contribution in [2.45, 2.75) is 44.4 Å². The highest BCUT2D eigenvalue weighted by Crippen LogP contribution is 2.32. The molecule has 2 N–H and O–H groups in total. The van der Waals surface area contributed by atoms with Crippen molar-refractivity contribution in [2.24, 2.45) is 0 Å². The van der Waals surface area contributed by atoms with Gasteiger partial charge in [0.2, 0.25) is 11.8 Å². The minimum atomic E-state index is -0.164. The largest absolute Gasteiger partial charge is 0.325 e. The van der Waals surface area contributed by atoms with E-state index in [1.165, 1.54) is 0 Å². The SMILES string of the molecule is O=C(Nc1cccc(N2CCCCC2=O)c1)C1CCCc2[nH]ncc21. The van der Waals surface area contributed by atoms with E-state index in [1.54, 1.807) is 6.20 Å². The molecule has 2 aromatic rings. The molecule has 6 nitrogen and oxygen atoms in total. The van der Waals surface area contributed by atoms with Crippen molar-refractivity contribution in [2.75, 3.05) is 16.8 Å². The van der Waals surface area contributed by atoms with Crippen LogP contribution in [0.25, 0.3) is 0 Å². The lowest BCUT2D eigenvalue weighted by Gasteiger charge is -2.27. The highest BCUT2D eigenvalue weighted by atomic mass is 16.2. The fourth-order valence-corrected chi connectivity index (χ4v) is 3.79. The number of nitrogens with one attached hydrogen (secondary N) is 2. The highest BCUT2D eigenvalue weighted by molar-refractivity contribution is 5.98. The number of hydrogen-bond donors (Lipinski definition) is 2. The monoisotopic (exact) mass is 338 g/mol. The number of piperidine rings is 1. The van der Waals surface area contributed by atoms with E-state index in [-0.39, 0.29) is 17.7 Å². The Morgan fingerprint density at radius 3 is 3.04 bits per heavy atom. The average molecular weight is 338 g/mol. The number of benzene rings is 1. The first-order valence-electron chi connectivity index (χ1n) is 8.96. The van der Waals surface area contributed by atoms with Gasteiger partial charge >= 0.3 is 0 Å². The smallest absolute Gasteiger partial charge is 0.232 e. The van der Waals surface area contributed by atoms with Gasteiger partial charge in [-0.25, -0.2) is 0 Å². The van der Waals surface area contributed by atoms with E-state index in [0.717, 1.165) is 61.3 Å². The Balaban J connectivity index is 1.51. The molecule has 0 radical (unpaired) electrons. The molecule has 6 heteroatoms. The number of amides is 2. The summed E-state index contributed by atoms with van der Waals surface area (Å²) in [6.45, 7) is 0.747. The van der Waals surface area contributed by atoms with Gasteiger partial charge in [0.1, 0.15) is 0 Å². The zero-order chi connectivity index (χ0) is 17.2. The third kappa shape index (κ3) is 3.16. The molecule has 130 valence electrons. The average Bonchev–Trinajstić information content (AvgIpc) is 3.11. The van der Waals surface area contributed by atoms with Gasteiger partial charge in [-0.15, -0.1) is 0 Å². The second-order valence-corrected chi connectivity index (χ2v) is 6.79. The summed E-state index contributed by atoms with van der Waals surface area (Å²) in [7, 11) is 0. The van der Waals surface area contributed by atoms with Crippen LogP contribution in [0, 0.1) is 0 Å². The van der Waals surface area contributed by atoms with Crippen molar-refractivity contribution in [1.82, 2.24) is 10.2 Å². The second kappa shape index (κ2) is 6.70. The molecule has 1 atom stereocenters. The van der Waals surface area contributed by atoms with E-state index in [9.17, 15) is 9.59 Å². The van der Waals surface area contributed by atoms with Crippen LogP contribution in [0.3, 0.4) is 0 Å². The molecule has 0 bridgehead atoms. The molecule has 1 saturated heterocycles. The van der Waals surface area contributed by atoms with E-state index >= 15 is 0 Å². The van der Waals surface area contributed by atoms with Crippen LogP contribution in [0.15, 0.2) is 30.5 Å². The maximum atomic E-state index is 12.7. The Bertz CT molecular complexity index is 798. The molecule has 1 aliphatic carbocycles. The van der Waals surface area contributed by atoms with Gasteiger partial charge in [-0.05, 0) is 50.3 Å². The minimum Gasteiger partial charge on any atom is -0.325 e. The number of aromatic amines is 1. The number of hydrogen-bond acceptors (Lipinski definition) is 3. The van der Waals surface area contributed by atoms with Crippen molar-refractivity contribution in [3.63, 3.8) is 0 Å². The molecule has 0 spiro atoms. The number of carbonyl (C=O) groups is 2. The minimum absolute atomic E-state index is 0.00975. The van der Waals surface area contributed by atoms with Crippen molar-refractivity contribution < 1.29 is 9.59 Å². The predicted molar refractivity (Wildman–Crippen MR) is 95.5 cm³/mol. The molecular weight excluding hydrogens is 316 g/mol. The first-order valence-corrected chi connectivity index (χ1v) is 8.96. The van der Waals surface area contributed by atoms with Gasteiger partial charge < -0.3 is 10.2 Å². The molecule has 1 fully saturated rings. The number of fused-ring (bicyclic) bond motifs is 1. The molecule has 2 heterocycles. The Labute approximate surface area is 146 Å². The number of nitrogens with zero attached hydrogens (tertiary/aromatic N) is 2. The van der Waals surface area contributed by atoms with Gasteiger partial charge in [0.05, 0.1) is 12.1 Å². The molecule has 1 aromatic heterocycles. The molecular formula is C19H22N4O2. The van der Waals surface area contributed by atoms with E-state index in [1.807, 2.05) is 29.2 Å². The van der Waals surface area contributed by atoms with Crippen molar-refractivity contribution >= 4 is 23.2 Å². The lowest BCUT2D eigenvalue weighted by Crippen LogP contribution is -2.35. The number of aryl methyl sites for hydroxylation is 1. The van der Waals surface area contributed by atoms with Crippen LogP contribution in [-0.4, -0.2) is 28.6 Å². The predicted octanol–water partition coefficient (Wildman–Crippen LogP) is 2.99. The van der Waals surface area contributed by atoms with Crippen LogP contribution in [0.4, 0.5) is 11.4 Å². The standard InChI is InChI=1S/C19H22N4O2/c24-18-9-1-2-10-23(18)14-6-3-5-13(11-14)21-19(25)15-7-4-8-17-16(15)12-20-22-17/h3,5-6,11-12,15H,1-2,4,7-10H2,(H,20,22)(H,21,25). The Hall–Kier alpha value is -2.63. The summed E-state index contributed by atoms with van der Waals surface area (Å²) in [4.78, 5) is 26.7. The number of carbonyl (C=O) groups excluding carboxylic acids is 2. The summed E-state index contributed by atoms with van der Waals surface area (Å²) in [5.41, 5.74) is 3.66. The summed E-state index contributed by atoms with van der Waals surface area (Å²) in [6.07, 6.45) is 7.11. The van der Waals surface area contributed by atoms with Gasteiger partial charge in [0, 0.05) is 35.6 Å². The van der Waals surface area contributed by atoms with E-state index in [4.69, 9.17) is 0 Å². The summed E-state index contributed by atoms with van der Waals surface area (Å²) in [5.74, 6) is -0.0164. The van der Waals surface area contributed by atoms with E-state index in [0.29, 0.717) is 6.42 Å². The molecule has 0 saturated carbocycles. The van der Waals surface area contributed by atoms with Gasteiger partial charge in [-0.3, -0.25) is 14.7 Å². The summed E-state index contributed by atoms with van der Waals surface area (Å²) < 4.78 is 0. The third-order valence-electron chi connectivity index (χ3n) is 5.11. The molecule has 4 rings (SSSR count). The quantitative estimate of drug-likeness (QED) is 0.903. The zero-order valence-corrected chi connectivity index (χ0v) is 14.1. The van der Waals surface area contributed by atoms with Crippen molar-refractivity contribution in [3.05, 3.63) is 41.7 Å². The maximum Gasteiger partial charge on any atom is 0.232 e. The van der Waals surface area contributed by atoms with Gasteiger partial charge in [0.25, 0.3) is 0 Å². The van der Waals surface area contributed by atoms with Crippen LogP contribution in [0.2, 0.25) is 0 Å². The molecule has 2 aliphatic rings. The summed E-state index contributed by atoms with van der Waals surface area (Å²) in [6, 6.07) is 7.57. The first kappa shape index (κ1) is 15.9. The van der Waals surface area contributed by atoms with Crippen LogP contribution >= 0.6 is 0 Å². The van der Waals surface area contributed by atoms with Crippen molar-refractivity contribution in [1.29, 1.82) is 0 Å². The number of rotatable bonds is 3. The van der Waals surface area contributed by atoms with Crippen LogP contribution in [0.1, 0.15) is 49.3 Å². The Morgan fingerprint density at radius 2 is 2.16 bits per heavy atom. The first-order chi connectivity index (χ1) is 12.2. The Kier molecular flexibility index (Phi) is 4.26. The van der Waals surface area contributed by atoms with Gasteiger partial charge in [0.15, 0.2) is 0 Å². The van der Waals surface area contributed by atoms with Gasteiger partial charge in [-0.2, -0.15) is 5.10 Å². The number of aromatic nitrogens is 2. The van der Waals surface area contributed by atoms with Crippen molar-refractivity contribution in [3.8, 4) is 0 Å². The molecule has 1 aromatic carbocycles. The highest BCUT2D eigenvalue weighted by Gasteiger charge is 2.28. The Morgan fingerprint density at radius 1 is 1.24 bits per heavy atom. The lowest BCUT2D eigenvalue weighted by molar-refractivity contribution is -0.119. The molecule has 25 heavy (non-hydrogen) atoms. The number of H-pyrrole nitrogens is 1. The second-order valence-electron chi connectivity index (χ2n) is 6.79. The maximum absolute atomic E-state index is 12.7. The topological polar surface area (TPSA) is 78.1 Å². The van der Waals surface area contributed by atoms with Crippen LogP contribution < -0.4 is 10.2 Å². The number of anilines is 2. The van der Waals surface area contributed by atoms with Crippen LogP contribution in [-0.2, 0) is 16.0 Å².